The highest BCUT2D eigenvalue weighted by molar-refractivity contribution is 6.31. The number of hydrogen-bond acceptors (Lipinski definition) is 4. The monoisotopic (exact) mass is 352 g/mol. The van der Waals surface area contributed by atoms with Gasteiger partial charge < -0.3 is 15.2 Å². The number of pyridine rings is 1. The first-order valence-electron chi connectivity index (χ1n) is 6.56. The van der Waals surface area contributed by atoms with Crippen LogP contribution >= 0.6 is 11.6 Å². The van der Waals surface area contributed by atoms with Crippen LogP contribution in [0.5, 0.6) is 5.88 Å². The van der Waals surface area contributed by atoms with Crippen LogP contribution in [0.3, 0.4) is 0 Å². The molecule has 1 aliphatic rings. The fraction of sp³-hybridized carbons (Fsp3) is 0.462. The van der Waals surface area contributed by atoms with E-state index in [4.69, 9.17) is 21.4 Å². The second-order valence-corrected chi connectivity index (χ2v) is 5.34. The van der Waals surface area contributed by atoms with Crippen LogP contribution < -0.4 is 10.1 Å². The van der Waals surface area contributed by atoms with Crippen LogP contribution in [0, 0.1) is 11.8 Å². The van der Waals surface area contributed by atoms with Gasteiger partial charge in [-0.05, 0) is 12.5 Å². The Morgan fingerprint density at radius 3 is 2.65 bits per heavy atom. The number of nitrogens with one attached hydrogen (secondary N) is 1. The molecule has 0 aliphatic heterocycles. The maximum absolute atomic E-state index is 12.4. The second-order valence-electron chi connectivity index (χ2n) is 4.94. The Balaban J connectivity index is 1.77. The first-order chi connectivity index (χ1) is 10.7. The lowest BCUT2D eigenvalue weighted by atomic mass is 10.3. The molecule has 1 saturated carbocycles. The van der Waals surface area contributed by atoms with Crippen molar-refractivity contribution in [3.63, 3.8) is 0 Å². The zero-order valence-electron chi connectivity index (χ0n) is 11.6. The lowest BCUT2D eigenvalue weighted by molar-refractivity contribution is -0.140. The Hall–Kier alpha value is -2.03. The number of rotatable bonds is 6. The smallest absolute Gasteiger partial charge is 0.417 e. The van der Waals surface area contributed by atoms with Gasteiger partial charge in [-0.15, -0.1) is 0 Å². The topological polar surface area (TPSA) is 88.5 Å². The largest absolute Gasteiger partial charge is 0.481 e. The summed E-state index contributed by atoms with van der Waals surface area (Å²) in [6, 6.07) is 0.699. The van der Waals surface area contributed by atoms with Gasteiger partial charge in [-0.25, -0.2) is 4.98 Å². The third-order valence-electron chi connectivity index (χ3n) is 3.22. The standard InChI is InChI=1S/C13H12ClF3N2O4/c14-9-3-6(13(15,16)17)5-19-11(9)23-2-1-18-10(20)7-4-8(7)12(21)22/h3,5,7-8H,1-2,4H2,(H,18,20)(H,21,22). The van der Waals surface area contributed by atoms with Crippen molar-refractivity contribution in [2.75, 3.05) is 13.2 Å². The predicted molar refractivity (Wildman–Crippen MR) is 72.0 cm³/mol. The number of carboxylic acids is 1. The molecule has 0 bridgehead atoms. The van der Waals surface area contributed by atoms with E-state index in [0.717, 1.165) is 0 Å². The van der Waals surface area contributed by atoms with Gasteiger partial charge in [0.2, 0.25) is 11.8 Å². The molecule has 1 aromatic rings. The number of nitrogens with zero attached hydrogens (tertiary/aromatic N) is 1. The summed E-state index contributed by atoms with van der Waals surface area (Å²) in [7, 11) is 0. The molecule has 2 unspecified atom stereocenters. The van der Waals surface area contributed by atoms with Crippen LogP contribution in [0.25, 0.3) is 0 Å². The van der Waals surface area contributed by atoms with E-state index in [1.54, 1.807) is 0 Å². The molecular formula is C13H12ClF3N2O4. The molecule has 1 fully saturated rings. The summed E-state index contributed by atoms with van der Waals surface area (Å²) in [4.78, 5) is 25.7. The van der Waals surface area contributed by atoms with Crippen molar-refractivity contribution in [3.8, 4) is 5.88 Å². The molecule has 1 aromatic heterocycles. The molecular weight excluding hydrogens is 341 g/mol. The number of hydrogen-bond donors (Lipinski definition) is 2. The van der Waals surface area contributed by atoms with E-state index in [-0.39, 0.29) is 24.1 Å². The highest BCUT2D eigenvalue weighted by atomic mass is 35.5. The van der Waals surface area contributed by atoms with Gasteiger partial charge in [0.15, 0.2) is 0 Å². The van der Waals surface area contributed by atoms with E-state index in [9.17, 15) is 22.8 Å². The molecule has 1 amide bonds. The van der Waals surface area contributed by atoms with Crippen LogP contribution in [0.15, 0.2) is 12.3 Å². The van der Waals surface area contributed by atoms with Gasteiger partial charge in [-0.1, -0.05) is 11.6 Å². The van der Waals surface area contributed by atoms with E-state index in [0.29, 0.717) is 18.7 Å². The summed E-state index contributed by atoms with van der Waals surface area (Å²) in [6.07, 6.45) is -3.65. The fourth-order valence-corrected chi connectivity index (χ4v) is 2.12. The van der Waals surface area contributed by atoms with Crippen LogP contribution in [0.4, 0.5) is 13.2 Å². The first-order valence-corrected chi connectivity index (χ1v) is 6.94. The van der Waals surface area contributed by atoms with Crippen LogP contribution in [0.2, 0.25) is 5.02 Å². The minimum absolute atomic E-state index is 0.0563. The van der Waals surface area contributed by atoms with E-state index < -0.39 is 35.5 Å². The second kappa shape index (κ2) is 6.61. The molecule has 1 aliphatic carbocycles. The third-order valence-corrected chi connectivity index (χ3v) is 3.49. The normalized spacial score (nSPS) is 20.0. The molecule has 126 valence electrons. The average molecular weight is 353 g/mol. The molecule has 0 radical (unpaired) electrons. The van der Waals surface area contributed by atoms with Gasteiger partial charge in [-0.2, -0.15) is 13.2 Å². The minimum atomic E-state index is -4.55. The Morgan fingerprint density at radius 1 is 1.43 bits per heavy atom. The molecule has 0 aromatic carbocycles. The SMILES string of the molecule is O=C(O)C1CC1C(=O)NCCOc1ncc(C(F)(F)F)cc1Cl. The van der Waals surface area contributed by atoms with E-state index in [1.165, 1.54) is 0 Å². The van der Waals surface area contributed by atoms with Crippen molar-refractivity contribution in [2.24, 2.45) is 11.8 Å². The molecule has 1 heterocycles. The molecule has 23 heavy (non-hydrogen) atoms. The van der Waals surface area contributed by atoms with Crippen molar-refractivity contribution in [2.45, 2.75) is 12.6 Å². The van der Waals surface area contributed by atoms with Crippen LogP contribution in [-0.4, -0.2) is 35.1 Å². The summed E-state index contributed by atoms with van der Waals surface area (Å²) in [5.41, 5.74) is -0.989. The third kappa shape index (κ3) is 4.47. The number of alkyl halides is 3. The van der Waals surface area contributed by atoms with Crippen molar-refractivity contribution in [1.82, 2.24) is 10.3 Å². The van der Waals surface area contributed by atoms with Gasteiger partial charge in [-0.3, -0.25) is 9.59 Å². The van der Waals surface area contributed by atoms with Gasteiger partial charge in [0.25, 0.3) is 0 Å². The van der Waals surface area contributed by atoms with E-state index >= 15 is 0 Å². The fourth-order valence-electron chi connectivity index (χ4n) is 1.90. The van der Waals surface area contributed by atoms with Crippen molar-refractivity contribution in [1.29, 1.82) is 0 Å². The highest BCUT2D eigenvalue weighted by Crippen LogP contribution is 2.38. The van der Waals surface area contributed by atoms with Crippen molar-refractivity contribution in [3.05, 3.63) is 22.8 Å². The summed E-state index contributed by atoms with van der Waals surface area (Å²) in [5, 5.41) is 10.9. The number of amides is 1. The summed E-state index contributed by atoms with van der Waals surface area (Å²) < 4.78 is 42.4. The molecule has 0 spiro atoms. The summed E-state index contributed by atoms with van der Waals surface area (Å²) >= 11 is 5.65. The van der Waals surface area contributed by atoms with Gasteiger partial charge in [0.05, 0.1) is 23.9 Å². The van der Waals surface area contributed by atoms with E-state index in [2.05, 4.69) is 10.3 Å². The lowest BCUT2D eigenvalue weighted by Gasteiger charge is -2.10. The lowest BCUT2D eigenvalue weighted by Crippen LogP contribution is -2.30. The molecule has 2 rings (SSSR count). The zero-order chi connectivity index (χ0) is 17.2. The number of aromatic nitrogens is 1. The number of carbonyl (C=O) groups is 2. The number of ether oxygens (including phenoxy) is 1. The number of halogens is 4. The highest BCUT2D eigenvalue weighted by Gasteiger charge is 2.48. The molecule has 2 N–H and O–H groups in total. The minimum Gasteiger partial charge on any atom is -0.481 e. The van der Waals surface area contributed by atoms with Crippen LogP contribution in [0.1, 0.15) is 12.0 Å². The molecule has 2 atom stereocenters. The molecule has 0 saturated heterocycles. The summed E-state index contributed by atoms with van der Waals surface area (Å²) in [5.74, 6) is -2.78. The van der Waals surface area contributed by atoms with E-state index in [1.807, 2.05) is 0 Å². The Bertz CT molecular complexity index is 624. The van der Waals surface area contributed by atoms with Gasteiger partial charge >= 0.3 is 12.1 Å². The van der Waals surface area contributed by atoms with Gasteiger partial charge in [0, 0.05) is 6.20 Å². The van der Waals surface area contributed by atoms with Gasteiger partial charge in [0.1, 0.15) is 11.6 Å². The Morgan fingerprint density at radius 2 is 2.13 bits per heavy atom. The average Bonchev–Trinajstić information content (AvgIpc) is 3.24. The maximum Gasteiger partial charge on any atom is 0.417 e. The quantitative estimate of drug-likeness (QED) is 0.764. The summed E-state index contributed by atoms with van der Waals surface area (Å²) in [6.45, 7) is -0.00497. The molecule has 10 heteroatoms. The zero-order valence-corrected chi connectivity index (χ0v) is 12.3. The number of carbonyl (C=O) groups excluding carboxylic acids is 1. The van der Waals surface area contributed by atoms with Crippen molar-refractivity contribution < 1.29 is 32.6 Å². The first kappa shape index (κ1) is 17.3. The maximum atomic E-state index is 12.4. The van der Waals surface area contributed by atoms with Crippen LogP contribution in [-0.2, 0) is 15.8 Å². The number of carboxylic acid groups (broad SMARTS) is 1. The Labute approximate surface area is 133 Å². The van der Waals surface area contributed by atoms with Crippen molar-refractivity contribution >= 4 is 23.5 Å². The Kier molecular flexibility index (Phi) is 4.98. The number of aliphatic carboxylic acids is 1. The predicted octanol–water partition coefficient (Wildman–Crippen LogP) is 1.97. The molecule has 6 nitrogen and oxygen atoms in total.